The van der Waals surface area contributed by atoms with Crippen LogP contribution >= 0.6 is 0 Å². The molecule has 3 rings (SSSR count). The molecule has 0 aliphatic carbocycles. The zero-order chi connectivity index (χ0) is 13.2. The number of rotatable bonds is 3. The second-order valence-electron chi connectivity index (χ2n) is 4.77. The van der Waals surface area contributed by atoms with Gasteiger partial charge in [-0.25, -0.2) is 0 Å². The lowest BCUT2D eigenvalue weighted by molar-refractivity contribution is 0.490. The van der Waals surface area contributed by atoms with Crippen LogP contribution in [0.15, 0.2) is 59.0 Å². The molecule has 3 aromatic rings. The summed E-state index contributed by atoms with van der Waals surface area (Å²) in [7, 11) is 1.96. The van der Waals surface area contributed by atoms with E-state index in [0.29, 0.717) is 0 Å². The first-order valence-electron chi connectivity index (χ1n) is 6.51. The highest BCUT2D eigenvalue weighted by atomic mass is 16.3. The van der Waals surface area contributed by atoms with E-state index >= 15 is 0 Å². The maximum Gasteiger partial charge on any atom is 0.137 e. The molecule has 1 heterocycles. The average molecular weight is 251 g/mol. The normalized spacial score (nSPS) is 12.7. The largest absolute Gasteiger partial charge is 0.459 e. The first kappa shape index (κ1) is 12.0. The molecule has 0 saturated heterocycles. The van der Waals surface area contributed by atoms with E-state index in [2.05, 4.69) is 48.6 Å². The van der Waals surface area contributed by atoms with Crippen molar-refractivity contribution in [3.8, 4) is 0 Å². The number of para-hydroxylation sites is 1. The number of benzene rings is 2. The van der Waals surface area contributed by atoms with Crippen LogP contribution in [0.4, 0.5) is 0 Å². The van der Waals surface area contributed by atoms with Crippen LogP contribution in [0, 0.1) is 6.92 Å². The monoisotopic (exact) mass is 251 g/mol. The van der Waals surface area contributed by atoms with Crippen molar-refractivity contribution in [1.82, 2.24) is 5.32 Å². The molecular weight excluding hydrogens is 234 g/mol. The Kier molecular flexibility index (Phi) is 3.10. The van der Waals surface area contributed by atoms with Crippen molar-refractivity contribution in [3.63, 3.8) is 0 Å². The number of fused-ring (bicyclic) bond motifs is 1. The van der Waals surface area contributed by atoms with Gasteiger partial charge >= 0.3 is 0 Å². The summed E-state index contributed by atoms with van der Waals surface area (Å²) in [6.45, 7) is 2.08. The maximum absolute atomic E-state index is 6.04. The standard InChI is InChI=1S/C17H17NO/c1-12-7-6-10-14-11-15(19-17(12)14)16(18-2)13-8-4-3-5-9-13/h3-11,16,18H,1-2H3. The molecule has 19 heavy (non-hydrogen) atoms. The van der Waals surface area contributed by atoms with Crippen LogP contribution in [0.1, 0.15) is 22.9 Å². The second-order valence-corrected chi connectivity index (χ2v) is 4.77. The van der Waals surface area contributed by atoms with Gasteiger partial charge in [0, 0.05) is 5.39 Å². The number of hydrogen-bond donors (Lipinski definition) is 1. The predicted molar refractivity (Wildman–Crippen MR) is 78.3 cm³/mol. The first-order valence-corrected chi connectivity index (χ1v) is 6.51. The number of hydrogen-bond acceptors (Lipinski definition) is 2. The van der Waals surface area contributed by atoms with Crippen molar-refractivity contribution >= 4 is 11.0 Å². The van der Waals surface area contributed by atoms with Crippen LogP contribution in [0.2, 0.25) is 0 Å². The first-order chi connectivity index (χ1) is 9.29. The summed E-state index contributed by atoms with van der Waals surface area (Å²) in [6, 6.07) is 18.8. The quantitative estimate of drug-likeness (QED) is 0.759. The van der Waals surface area contributed by atoms with Gasteiger partial charge in [-0.3, -0.25) is 0 Å². The lowest BCUT2D eigenvalue weighted by Crippen LogP contribution is -2.16. The molecule has 0 aliphatic heterocycles. The summed E-state index contributed by atoms with van der Waals surface area (Å²) in [5, 5.41) is 4.48. The molecule has 1 atom stereocenters. The van der Waals surface area contributed by atoms with Crippen molar-refractivity contribution in [3.05, 3.63) is 71.5 Å². The lowest BCUT2D eigenvalue weighted by atomic mass is 10.0. The van der Waals surface area contributed by atoms with E-state index in [1.807, 2.05) is 25.2 Å². The molecular formula is C17H17NO. The minimum Gasteiger partial charge on any atom is -0.459 e. The van der Waals surface area contributed by atoms with Gasteiger partial charge in [0.1, 0.15) is 11.3 Å². The zero-order valence-electron chi connectivity index (χ0n) is 11.2. The van der Waals surface area contributed by atoms with Gasteiger partial charge in [0.2, 0.25) is 0 Å². The van der Waals surface area contributed by atoms with Crippen molar-refractivity contribution in [2.45, 2.75) is 13.0 Å². The zero-order valence-corrected chi connectivity index (χ0v) is 11.2. The highest BCUT2D eigenvalue weighted by Crippen LogP contribution is 2.29. The van der Waals surface area contributed by atoms with E-state index in [-0.39, 0.29) is 6.04 Å². The van der Waals surface area contributed by atoms with E-state index in [4.69, 9.17) is 4.42 Å². The Morgan fingerprint density at radius 1 is 1.00 bits per heavy atom. The molecule has 0 fully saturated rings. The Hall–Kier alpha value is -2.06. The minimum atomic E-state index is 0.0907. The molecule has 1 unspecified atom stereocenters. The summed E-state index contributed by atoms with van der Waals surface area (Å²) in [5.74, 6) is 0.956. The topological polar surface area (TPSA) is 25.2 Å². The molecule has 0 spiro atoms. The number of nitrogens with one attached hydrogen (secondary N) is 1. The van der Waals surface area contributed by atoms with Gasteiger partial charge in [0.15, 0.2) is 0 Å². The van der Waals surface area contributed by atoms with Crippen molar-refractivity contribution in [2.24, 2.45) is 0 Å². The highest BCUT2D eigenvalue weighted by molar-refractivity contribution is 5.81. The Balaban J connectivity index is 2.09. The van der Waals surface area contributed by atoms with Crippen LogP contribution in [0.25, 0.3) is 11.0 Å². The Morgan fingerprint density at radius 3 is 2.47 bits per heavy atom. The Bertz CT molecular complexity index is 685. The van der Waals surface area contributed by atoms with Gasteiger partial charge in [-0.05, 0) is 31.2 Å². The van der Waals surface area contributed by atoms with Crippen LogP contribution in [0.5, 0.6) is 0 Å². The van der Waals surface area contributed by atoms with Crippen LogP contribution in [-0.2, 0) is 0 Å². The fourth-order valence-electron chi connectivity index (χ4n) is 2.49. The number of aryl methyl sites for hydroxylation is 1. The van der Waals surface area contributed by atoms with Gasteiger partial charge < -0.3 is 9.73 Å². The lowest BCUT2D eigenvalue weighted by Gasteiger charge is -2.13. The molecule has 2 heteroatoms. The van der Waals surface area contributed by atoms with Crippen molar-refractivity contribution in [2.75, 3.05) is 7.05 Å². The molecule has 96 valence electrons. The van der Waals surface area contributed by atoms with Crippen LogP contribution in [-0.4, -0.2) is 7.05 Å². The van der Waals surface area contributed by atoms with Crippen molar-refractivity contribution in [1.29, 1.82) is 0 Å². The summed E-state index contributed by atoms with van der Waals surface area (Å²) in [4.78, 5) is 0. The molecule has 0 aliphatic rings. The van der Waals surface area contributed by atoms with E-state index in [1.165, 1.54) is 11.1 Å². The molecule has 2 nitrogen and oxygen atoms in total. The second kappa shape index (κ2) is 4.90. The van der Waals surface area contributed by atoms with Gasteiger partial charge in [-0.15, -0.1) is 0 Å². The third-order valence-corrected chi connectivity index (χ3v) is 3.47. The molecule has 1 aromatic heterocycles. The molecule has 1 N–H and O–H groups in total. The van der Waals surface area contributed by atoms with Crippen molar-refractivity contribution < 1.29 is 4.42 Å². The highest BCUT2D eigenvalue weighted by Gasteiger charge is 2.16. The predicted octanol–water partition coefficient (Wildman–Crippen LogP) is 4.05. The molecule has 0 saturated carbocycles. The molecule has 0 bridgehead atoms. The smallest absolute Gasteiger partial charge is 0.137 e. The number of furan rings is 1. The molecule has 0 amide bonds. The third-order valence-electron chi connectivity index (χ3n) is 3.47. The summed E-state index contributed by atoms with van der Waals surface area (Å²) in [5.41, 5.74) is 3.36. The summed E-state index contributed by atoms with van der Waals surface area (Å²) >= 11 is 0. The fraction of sp³-hybridized carbons (Fsp3) is 0.176. The molecule has 0 radical (unpaired) electrons. The van der Waals surface area contributed by atoms with Gasteiger partial charge in [0.05, 0.1) is 6.04 Å². The van der Waals surface area contributed by atoms with Crippen LogP contribution < -0.4 is 5.32 Å². The molecule has 2 aromatic carbocycles. The van der Waals surface area contributed by atoms with Gasteiger partial charge in [0.25, 0.3) is 0 Å². The Morgan fingerprint density at radius 2 is 1.79 bits per heavy atom. The van der Waals surface area contributed by atoms with E-state index in [9.17, 15) is 0 Å². The van der Waals surface area contributed by atoms with Gasteiger partial charge in [-0.1, -0.05) is 48.5 Å². The van der Waals surface area contributed by atoms with E-state index < -0.39 is 0 Å². The SMILES string of the molecule is CNC(c1ccccc1)c1cc2cccc(C)c2o1. The minimum absolute atomic E-state index is 0.0907. The van der Waals surface area contributed by atoms with Gasteiger partial charge in [-0.2, -0.15) is 0 Å². The van der Waals surface area contributed by atoms with E-state index in [1.54, 1.807) is 0 Å². The summed E-state index contributed by atoms with van der Waals surface area (Å²) in [6.07, 6.45) is 0. The average Bonchev–Trinajstić information content (AvgIpc) is 2.86. The maximum atomic E-state index is 6.04. The van der Waals surface area contributed by atoms with Crippen LogP contribution in [0.3, 0.4) is 0 Å². The van der Waals surface area contributed by atoms with E-state index in [0.717, 1.165) is 16.7 Å². The fourth-order valence-corrected chi connectivity index (χ4v) is 2.49. The third kappa shape index (κ3) is 2.15. The summed E-state index contributed by atoms with van der Waals surface area (Å²) < 4.78 is 6.04. The Labute approximate surface area is 113 Å².